The maximum atomic E-state index is 10.7. The summed E-state index contributed by atoms with van der Waals surface area (Å²) >= 11 is 0. The van der Waals surface area contributed by atoms with Gasteiger partial charge in [0.15, 0.2) is 0 Å². The molecule has 4 aromatic carbocycles. The minimum Gasteiger partial charge on any atom is -0.391 e. The van der Waals surface area contributed by atoms with Crippen LogP contribution in [0, 0.1) is 0 Å². The third kappa shape index (κ3) is 2.97. The predicted octanol–water partition coefficient (Wildman–Crippen LogP) is 5.35. The molecule has 2 aliphatic rings. The van der Waals surface area contributed by atoms with E-state index in [1.807, 2.05) is 0 Å². The molecule has 0 aromatic heterocycles. The van der Waals surface area contributed by atoms with Crippen molar-refractivity contribution in [1.82, 2.24) is 0 Å². The van der Waals surface area contributed by atoms with E-state index in [0.29, 0.717) is 6.42 Å². The average molecular weight is 433 g/mol. The molecular formula is C30H28N2O. The lowest BCUT2D eigenvalue weighted by atomic mass is 9.75. The summed E-state index contributed by atoms with van der Waals surface area (Å²) in [7, 11) is 0. The first-order chi connectivity index (χ1) is 16.2. The Hall–Kier alpha value is -3.40. The molecule has 3 atom stereocenters. The summed E-state index contributed by atoms with van der Waals surface area (Å²) in [5, 5.41) is 10.7. The third-order valence-electron chi connectivity index (χ3n) is 7.50. The van der Waals surface area contributed by atoms with Gasteiger partial charge in [-0.15, -0.1) is 0 Å². The monoisotopic (exact) mass is 432 g/mol. The molecule has 0 saturated heterocycles. The summed E-state index contributed by atoms with van der Waals surface area (Å²) in [6.07, 6.45) is 0.174. The normalized spacial score (nSPS) is 21.6. The van der Waals surface area contributed by atoms with Crippen LogP contribution in [0.5, 0.6) is 0 Å². The van der Waals surface area contributed by atoms with Crippen LogP contribution in [-0.2, 0) is 5.54 Å². The van der Waals surface area contributed by atoms with Crippen LogP contribution in [-0.4, -0.2) is 17.8 Å². The molecule has 0 spiro atoms. The Morgan fingerprint density at radius 1 is 0.697 bits per heavy atom. The first-order valence-electron chi connectivity index (χ1n) is 11.7. The van der Waals surface area contributed by atoms with Gasteiger partial charge in [-0.05, 0) is 40.3 Å². The molecule has 1 aliphatic heterocycles. The van der Waals surface area contributed by atoms with Gasteiger partial charge in [-0.1, -0.05) is 103 Å². The van der Waals surface area contributed by atoms with Crippen LogP contribution in [0.1, 0.15) is 46.2 Å². The Morgan fingerprint density at radius 3 is 1.73 bits per heavy atom. The van der Waals surface area contributed by atoms with Crippen LogP contribution in [0.15, 0.2) is 109 Å². The van der Waals surface area contributed by atoms with E-state index < -0.39 is 11.6 Å². The smallest absolute Gasteiger partial charge is 0.116 e. The van der Waals surface area contributed by atoms with Gasteiger partial charge in [-0.25, -0.2) is 0 Å². The minimum absolute atomic E-state index is 0.251. The molecule has 0 saturated carbocycles. The highest BCUT2D eigenvalue weighted by atomic mass is 16.3. The van der Waals surface area contributed by atoms with E-state index in [1.165, 1.54) is 27.9 Å². The zero-order chi connectivity index (χ0) is 22.4. The maximum Gasteiger partial charge on any atom is 0.116 e. The minimum atomic E-state index is -0.516. The topological polar surface area (TPSA) is 49.5 Å². The molecule has 0 amide bonds. The fraction of sp³-hybridized carbons (Fsp3) is 0.200. The van der Waals surface area contributed by atoms with Gasteiger partial charge >= 0.3 is 0 Å². The number of hydrogen-bond donors (Lipinski definition) is 2. The van der Waals surface area contributed by atoms with Crippen molar-refractivity contribution < 1.29 is 5.11 Å². The molecule has 0 fully saturated rings. The molecule has 0 bridgehead atoms. The van der Waals surface area contributed by atoms with E-state index in [-0.39, 0.29) is 12.0 Å². The highest BCUT2D eigenvalue weighted by molar-refractivity contribution is 5.71. The van der Waals surface area contributed by atoms with Crippen LogP contribution < -0.4 is 10.6 Å². The van der Waals surface area contributed by atoms with Crippen molar-refractivity contribution in [2.75, 3.05) is 11.4 Å². The van der Waals surface area contributed by atoms with Crippen LogP contribution in [0.2, 0.25) is 0 Å². The second kappa shape index (κ2) is 7.87. The maximum absolute atomic E-state index is 10.7. The van der Waals surface area contributed by atoms with Crippen molar-refractivity contribution in [3.63, 3.8) is 0 Å². The molecule has 3 N–H and O–H groups in total. The van der Waals surface area contributed by atoms with E-state index in [9.17, 15) is 5.11 Å². The van der Waals surface area contributed by atoms with Gasteiger partial charge in [-0.2, -0.15) is 0 Å². The van der Waals surface area contributed by atoms with Gasteiger partial charge in [0.25, 0.3) is 0 Å². The van der Waals surface area contributed by atoms with Gasteiger partial charge in [0.1, 0.15) is 5.54 Å². The SMILES string of the molecule is NC1c2cccc3c2C(CC1O)CN3C(c1ccccc1)(c1ccccc1)c1ccccc1. The average Bonchev–Trinajstić information content (AvgIpc) is 3.24. The molecule has 33 heavy (non-hydrogen) atoms. The highest BCUT2D eigenvalue weighted by Crippen LogP contribution is 2.54. The van der Waals surface area contributed by atoms with E-state index in [2.05, 4.69) is 114 Å². The van der Waals surface area contributed by atoms with Crippen LogP contribution >= 0.6 is 0 Å². The van der Waals surface area contributed by atoms with Crippen molar-refractivity contribution in [1.29, 1.82) is 0 Å². The zero-order valence-electron chi connectivity index (χ0n) is 18.5. The molecule has 1 aliphatic carbocycles. The van der Waals surface area contributed by atoms with Gasteiger partial charge in [-0.3, -0.25) is 0 Å². The van der Waals surface area contributed by atoms with E-state index >= 15 is 0 Å². The Morgan fingerprint density at radius 2 is 1.21 bits per heavy atom. The van der Waals surface area contributed by atoms with Crippen molar-refractivity contribution in [2.24, 2.45) is 5.73 Å². The van der Waals surface area contributed by atoms with Gasteiger partial charge < -0.3 is 15.7 Å². The lowest BCUT2D eigenvalue weighted by Gasteiger charge is -2.45. The molecule has 1 heterocycles. The van der Waals surface area contributed by atoms with Crippen LogP contribution in [0.25, 0.3) is 0 Å². The Bertz CT molecular complexity index is 1160. The van der Waals surface area contributed by atoms with Crippen LogP contribution in [0.4, 0.5) is 5.69 Å². The lowest BCUT2D eigenvalue weighted by Crippen LogP contribution is -2.48. The summed E-state index contributed by atoms with van der Waals surface area (Å²) in [4.78, 5) is 2.56. The van der Waals surface area contributed by atoms with Crippen LogP contribution in [0.3, 0.4) is 0 Å². The van der Waals surface area contributed by atoms with Crippen molar-refractivity contribution >= 4 is 5.69 Å². The van der Waals surface area contributed by atoms with Crippen molar-refractivity contribution in [3.8, 4) is 0 Å². The molecule has 3 nitrogen and oxygen atoms in total. The van der Waals surface area contributed by atoms with Crippen molar-refractivity contribution in [2.45, 2.75) is 30.0 Å². The molecule has 4 aromatic rings. The quantitative estimate of drug-likeness (QED) is 0.428. The Balaban J connectivity index is 1.68. The summed E-state index contributed by atoms with van der Waals surface area (Å²) in [5.41, 5.74) is 13.2. The first-order valence-corrected chi connectivity index (χ1v) is 11.7. The second-order valence-corrected chi connectivity index (χ2v) is 9.22. The number of aliphatic hydroxyl groups is 1. The Labute approximate surface area is 195 Å². The van der Waals surface area contributed by atoms with E-state index in [1.54, 1.807) is 0 Å². The number of nitrogens with two attached hydrogens (primary N) is 1. The summed E-state index contributed by atoms with van der Waals surface area (Å²) < 4.78 is 0. The summed E-state index contributed by atoms with van der Waals surface area (Å²) in [6, 6.07) is 38.4. The number of hydrogen-bond acceptors (Lipinski definition) is 3. The van der Waals surface area contributed by atoms with E-state index in [0.717, 1.165) is 12.1 Å². The molecule has 3 unspecified atom stereocenters. The number of anilines is 1. The lowest BCUT2D eigenvalue weighted by molar-refractivity contribution is 0.119. The van der Waals surface area contributed by atoms with Gasteiger partial charge in [0.2, 0.25) is 0 Å². The predicted molar refractivity (Wildman–Crippen MR) is 133 cm³/mol. The van der Waals surface area contributed by atoms with E-state index in [4.69, 9.17) is 5.73 Å². The molecular weight excluding hydrogens is 404 g/mol. The number of nitrogens with zero attached hydrogens (tertiary/aromatic N) is 1. The molecule has 0 radical (unpaired) electrons. The summed E-state index contributed by atoms with van der Waals surface area (Å²) in [6.45, 7) is 0.828. The summed E-state index contributed by atoms with van der Waals surface area (Å²) in [5.74, 6) is 0.251. The Kier molecular flexibility index (Phi) is 4.83. The number of aliphatic hydroxyl groups excluding tert-OH is 1. The largest absolute Gasteiger partial charge is 0.391 e. The van der Waals surface area contributed by atoms with Gasteiger partial charge in [0.05, 0.1) is 12.1 Å². The fourth-order valence-corrected chi connectivity index (χ4v) is 6.11. The van der Waals surface area contributed by atoms with Gasteiger partial charge in [0, 0.05) is 18.2 Å². The molecule has 6 rings (SSSR count). The highest BCUT2D eigenvalue weighted by Gasteiger charge is 2.49. The third-order valence-corrected chi connectivity index (χ3v) is 7.50. The molecule has 3 heteroatoms. The molecule has 164 valence electrons. The number of rotatable bonds is 4. The second-order valence-electron chi connectivity index (χ2n) is 9.22. The fourth-order valence-electron chi connectivity index (χ4n) is 6.11. The first kappa shape index (κ1) is 20.2. The zero-order valence-corrected chi connectivity index (χ0v) is 18.5. The standard InChI is InChI=1S/C30H28N2O/c31-29-25-17-10-18-26-28(25)21(19-27(29)33)20-32(26)30(22-11-4-1-5-12-22,23-13-6-2-7-14-23)24-15-8-3-9-16-24/h1-18,21,27,29,33H,19-20,31H2. The van der Waals surface area contributed by atoms with Crippen molar-refractivity contribution in [3.05, 3.63) is 137 Å². The number of benzene rings is 4.